The minimum Gasteiger partial charge on any atom is -0.490 e. The number of pyridine rings is 1. The van der Waals surface area contributed by atoms with E-state index in [1.165, 1.54) is 35.4 Å². The fraction of sp³-hybridized carbons (Fsp3) is 0.333. The molecular weight excluding hydrogens is 666 g/mol. The van der Waals surface area contributed by atoms with Crippen LogP contribution in [0.25, 0.3) is 0 Å². The molecule has 0 aliphatic rings. The zero-order valence-electron chi connectivity index (χ0n) is 27.4. The molecule has 0 saturated carbocycles. The summed E-state index contributed by atoms with van der Waals surface area (Å²) in [7, 11) is -2.94. The highest BCUT2D eigenvalue weighted by Crippen LogP contribution is 2.29. The number of carbonyl (C=O) groups is 2. The van der Waals surface area contributed by atoms with E-state index in [-0.39, 0.29) is 17.3 Å². The molecule has 13 nitrogen and oxygen atoms in total. The third-order valence-electron chi connectivity index (χ3n) is 6.57. The minimum absolute atomic E-state index is 0.0464. The van der Waals surface area contributed by atoms with Gasteiger partial charge in [-0.25, -0.2) is 31.9 Å². The van der Waals surface area contributed by atoms with Crippen LogP contribution >= 0.6 is 0 Å². The van der Waals surface area contributed by atoms with E-state index >= 15 is 8.78 Å². The molecule has 0 unspecified atom stereocenters. The number of hydrogen-bond donors (Lipinski definition) is 1. The van der Waals surface area contributed by atoms with Crippen LogP contribution in [0, 0.1) is 11.6 Å². The highest BCUT2D eigenvalue weighted by atomic mass is 32.2. The van der Waals surface area contributed by atoms with Crippen molar-refractivity contribution in [1.82, 2.24) is 19.3 Å². The van der Waals surface area contributed by atoms with Gasteiger partial charge in [0.25, 0.3) is 15.9 Å². The number of ether oxygens (including phenoxy) is 5. The van der Waals surface area contributed by atoms with Crippen LogP contribution in [-0.4, -0.2) is 60.9 Å². The molecule has 4 rings (SSSR count). The zero-order valence-corrected chi connectivity index (χ0v) is 28.3. The standard InChI is InChI=1S/C33H36F2N4O9S/c1-6-27(26-13-9-23(17-36-26)45-16-15-44-5)47-28-14-12-25(29(34)30(28)35)31(40)38-49(42,43)24-10-7-22(8-11-24)46-19-21-18-39(20-37-21)32(41)48-33(2,3)4/h7-14,17-18,20,27H,6,15-16,19H2,1-5H3,(H,38,40)/t27-/m1/s1. The zero-order chi connectivity index (χ0) is 35.8. The Hall–Kier alpha value is -5.09. The van der Waals surface area contributed by atoms with Crippen molar-refractivity contribution in [2.45, 2.75) is 57.3 Å². The molecule has 1 N–H and O–H groups in total. The van der Waals surface area contributed by atoms with E-state index < -0.39 is 56.7 Å². The first-order chi connectivity index (χ1) is 23.2. The van der Waals surface area contributed by atoms with Crippen molar-refractivity contribution >= 4 is 22.0 Å². The maximum Gasteiger partial charge on any atom is 0.419 e. The molecule has 0 aliphatic heterocycles. The van der Waals surface area contributed by atoms with Gasteiger partial charge in [-0.15, -0.1) is 0 Å². The Morgan fingerprint density at radius 1 is 0.939 bits per heavy atom. The van der Waals surface area contributed by atoms with Crippen LogP contribution in [0.5, 0.6) is 17.2 Å². The summed E-state index contributed by atoms with van der Waals surface area (Å²) in [6.07, 6.45) is 3.16. The number of rotatable bonds is 14. The van der Waals surface area contributed by atoms with Crippen LogP contribution < -0.4 is 18.9 Å². The van der Waals surface area contributed by atoms with Gasteiger partial charge < -0.3 is 23.7 Å². The van der Waals surface area contributed by atoms with Crippen LogP contribution in [0.2, 0.25) is 0 Å². The first kappa shape index (κ1) is 36.7. The first-order valence-corrected chi connectivity index (χ1v) is 16.5. The van der Waals surface area contributed by atoms with Crippen molar-refractivity contribution in [3.05, 3.63) is 95.8 Å². The first-order valence-electron chi connectivity index (χ1n) is 15.0. The second-order valence-corrected chi connectivity index (χ2v) is 13.1. The number of nitrogens with one attached hydrogen (secondary N) is 1. The van der Waals surface area contributed by atoms with Crippen LogP contribution in [-0.2, 0) is 26.1 Å². The number of nitrogens with zero attached hydrogens (tertiary/aromatic N) is 3. The van der Waals surface area contributed by atoms with Crippen molar-refractivity contribution in [1.29, 1.82) is 0 Å². The van der Waals surface area contributed by atoms with Crippen LogP contribution in [0.1, 0.15) is 62.0 Å². The number of hydrogen-bond acceptors (Lipinski definition) is 11. The van der Waals surface area contributed by atoms with Gasteiger partial charge in [0.15, 0.2) is 11.6 Å². The molecule has 2 heterocycles. The minimum atomic E-state index is -4.49. The van der Waals surface area contributed by atoms with Gasteiger partial charge in [-0.3, -0.25) is 9.78 Å². The molecule has 262 valence electrons. The van der Waals surface area contributed by atoms with E-state index in [1.807, 2.05) is 0 Å². The SMILES string of the molecule is CC[C@@H](Oc1ccc(C(=O)NS(=O)(=O)c2ccc(OCc3cn(C(=O)OC(C)(C)C)cn3)cc2)c(F)c1F)c1ccc(OCCOC)cn1. The topological polar surface area (TPSA) is 157 Å². The Morgan fingerprint density at radius 2 is 1.65 bits per heavy atom. The lowest BCUT2D eigenvalue weighted by atomic mass is 10.1. The summed E-state index contributed by atoms with van der Waals surface area (Å²) in [5.74, 6) is -4.19. The molecule has 0 radical (unpaired) electrons. The molecule has 49 heavy (non-hydrogen) atoms. The van der Waals surface area contributed by atoms with Crippen LogP contribution in [0.4, 0.5) is 13.6 Å². The maximum atomic E-state index is 15.0. The van der Waals surface area contributed by atoms with E-state index in [0.717, 1.165) is 24.3 Å². The molecule has 0 saturated heterocycles. The molecular formula is C33H36F2N4O9S. The predicted octanol–water partition coefficient (Wildman–Crippen LogP) is 5.59. The van der Waals surface area contributed by atoms with E-state index in [2.05, 4.69) is 9.97 Å². The van der Waals surface area contributed by atoms with Crippen LogP contribution in [0.3, 0.4) is 0 Å². The number of imidazole rings is 1. The summed E-state index contributed by atoms with van der Waals surface area (Å²) < 4.78 is 85.7. The molecule has 4 aromatic rings. The Balaban J connectivity index is 1.36. The van der Waals surface area contributed by atoms with E-state index in [9.17, 15) is 18.0 Å². The lowest BCUT2D eigenvalue weighted by Crippen LogP contribution is -2.31. The smallest absolute Gasteiger partial charge is 0.419 e. The molecule has 0 spiro atoms. The van der Waals surface area contributed by atoms with Gasteiger partial charge >= 0.3 is 6.09 Å². The van der Waals surface area contributed by atoms with Gasteiger partial charge in [0, 0.05) is 13.3 Å². The number of sulfonamides is 1. The van der Waals surface area contributed by atoms with Crippen molar-refractivity contribution in [3.63, 3.8) is 0 Å². The summed E-state index contributed by atoms with van der Waals surface area (Å²) in [4.78, 5) is 32.9. The number of aromatic nitrogens is 3. The molecule has 1 atom stereocenters. The number of benzene rings is 2. The van der Waals surface area contributed by atoms with Crippen molar-refractivity contribution < 1.29 is 50.5 Å². The summed E-state index contributed by atoms with van der Waals surface area (Å²) in [6, 6.07) is 10.2. The van der Waals surface area contributed by atoms with Gasteiger partial charge in [0.1, 0.15) is 42.7 Å². The summed E-state index contributed by atoms with van der Waals surface area (Å²) in [6.45, 7) is 7.64. The molecule has 2 aromatic carbocycles. The lowest BCUT2D eigenvalue weighted by Gasteiger charge is -2.19. The molecule has 1 amide bonds. The molecule has 0 aliphatic carbocycles. The predicted molar refractivity (Wildman–Crippen MR) is 171 cm³/mol. The second kappa shape index (κ2) is 15.9. The van der Waals surface area contributed by atoms with Gasteiger partial charge in [-0.1, -0.05) is 6.92 Å². The van der Waals surface area contributed by atoms with E-state index in [0.29, 0.717) is 36.8 Å². The third-order valence-corrected chi connectivity index (χ3v) is 7.91. The van der Waals surface area contributed by atoms with E-state index in [1.54, 1.807) is 51.7 Å². The molecule has 0 bridgehead atoms. The maximum absolute atomic E-state index is 15.0. The number of halogens is 2. The second-order valence-electron chi connectivity index (χ2n) is 11.5. The fourth-order valence-corrected chi connectivity index (χ4v) is 5.14. The van der Waals surface area contributed by atoms with Crippen molar-refractivity contribution in [2.24, 2.45) is 0 Å². The summed E-state index contributed by atoms with van der Waals surface area (Å²) in [5.41, 5.74) is -0.696. The Bertz CT molecular complexity index is 1860. The quantitative estimate of drug-likeness (QED) is 0.163. The van der Waals surface area contributed by atoms with Crippen molar-refractivity contribution in [3.8, 4) is 17.2 Å². The van der Waals surface area contributed by atoms with Gasteiger partial charge in [0.05, 0.1) is 34.7 Å². The molecule has 16 heteroatoms. The summed E-state index contributed by atoms with van der Waals surface area (Å²) >= 11 is 0. The van der Waals surface area contributed by atoms with Gasteiger partial charge in [-0.2, -0.15) is 4.39 Å². The normalized spacial score (nSPS) is 12.2. The Labute approximate surface area is 282 Å². The largest absolute Gasteiger partial charge is 0.490 e. The van der Waals surface area contributed by atoms with Gasteiger partial charge in [-0.05, 0) is 75.7 Å². The monoisotopic (exact) mass is 702 g/mol. The number of amides is 1. The van der Waals surface area contributed by atoms with Crippen LogP contribution in [0.15, 0.2) is 72.1 Å². The van der Waals surface area contributed by atoms with Crippen molar-refractivity contribution in [2.75, 3.05) is 20.3 Å². The lowest BCUT2D eigenvalue weighted by molar-refractivity contribution is 0.0536. The average molecular weight is 703 g/mol. The third kappa shape index (κ3) is 9.96. The fourth-order valence-electron chi connectivity index (χ4n) is 4.18. The van der Waals surface area contributed by atoms with Gasteiger partial charge in [0.2, 0.25) is 5.82 Å². The van der Waals surface area contributed by atoms with E-state index in [4.69, 9.17) is 23.7 Å². The number of methoxy groups -OCH3 is 1. The highest BCUT2D eigenvalue weighted by molar-refractivity contribution is 7.90. The molecule has 0 fully saturated rings. The Kier molecular flexibility index (Phi) is 11.9. The molecule has 2 aromatic heterocycles. The number of carbonyl (C=O) groups excluding carboxylic acids is 2. The summed E-state index contributed by atoms with van der Waals surface area (Å²) in [5, 5.41) is 0. The average Bonchev–Trinajstić information content (AvgIpc) is 3.54. The Morgan fingerprint density at radius 3 is 2.29 bits per heavy atom. The highest BCUT2D eigenvalue weighted by Gasteiger charge is 2.26.